The molecule has 4 heterocycles. The quantitative estimate of drug-likeness (QED) is 0.444. The lowest BCUT2D eigenvalue weighted by Crippen LogP contribution is -2.31. The topological polar surface area (TPSA) is 125 Å². The lowest BCUT2D eigenvalue weighted by molar-refractivity contribution is -0.138. The lowest BCUT2D eigenvalue weighted by Gasteiger charge is -2.29. The third-order valence-electron chi connectivity index (χ3n) is 4.79. The van der Waals surface area contributed by atoms with Crippen LogP contribution in [-0.2, 0) is 9.53 Å². The molecule has 2 N–H and O–H groups in total. The number of carbonyl (C=O) groups is 1. The van der Waals surface area contributed by atoms with E-state index < -0.39 is 0 Å². The molecule has 3 aromatic rings. The average Bonchev–Trinajstić information content (AvgIpc) is 3.19. The molecule has 1 aliphatic heterocycles. The highest BCUT2D eigenvalue weighted by Crippen LogP contribution is 2.29. The van der Waals surface area contributed by atoms with E-state index in [4.69, 9.17) is 17.3 Å². The van der Waals surface area contributed by atoms with Crippen LogP contribution in [0.15, 0.2) is 18.7 Å². The molecule has 33 heavy (non-hydrogen) atoms. The average molecular weight is 477 g/mol. The zero-order valence-electron chi connectivity index (χ0n) is 20.1. The van der Waals surface area contributed by atoms with Gasteiger partial charge in [-0.2, -0.15) is 4.98 Å². The zero-order chi connectivity index (χ0) is 24.6. The first kappa shape index (κ1) is 26.4. The minimum Gasteiger partial charge on any atom is -0.462 e. The second-order valence-corrected chi connectivity index (χ2v) is 8.69. The van der Waals surface area contributed by atoms with Crippen molar-refractivity contribution in [3.8, 4) is 11.4 Å². The molecule has 0 aliphatic carbocycles. The van der Waals surface area contributed by atoms with Crippen molar-refractivity contribution in [2.24, 2.45) is 0 Å². The Morgan fingerprint density at radius 1 is 1.12 bits per heavy atom. The summed E-state index contributed by atoms with van der Waals surface area (Å²) in [6, 6.07) is 0.363. The van der Waals surface area contributed by atoms with Crippen molar-refractivity contribution in [2.45, 2.75) is 59.1 Å². The number of nitrogen functional groups attached to an aromatic ring is 1. The number of halogens is 1. The molecule has 1 fully saturated rings. The van der Waals surface area contributed by atoms with E-state index in [1.54, 1.807) is 6.20 Å². The highest BCUT2D eigenvalue weighted by molar-refractivity contribution is 6.28. The predicted molar refractivity (Wildman–Crippen MR) is 130 cm³/mol. The molecule has 1 saturated heterocycles. The van der Waals surface area contributed by atoms with Gasteiger partial charge in [0.1, 0.15) is 28.3 Å². The number of nitrogens with zero attached hydrogens (tertiary/aromatic N) is 7. The lowest BCUT2D eigenvalue weighted by atomic mass is 10.1. The van der Waals surface area contributed by atoms with Gasteiger partial charge in [0.05, 0.1) is 18.7 Å². The zero-order valence-corrected chi connectivity index (χ0v) is 20.9. The monoisotopic (exact) mass is 476 g/mol. The first-order chi connectivity index (χ1) is 15.7. The molecule has 1 aliphatic rings. The SMILES string of the molecule is CC.CC(C)(C)OC=O.CN1CCC(n2cnc3c(-c4cnc(N)cn4)nc(Cl)nc32)CC1. The Balaban J connectivity index is 0.000000370. The molecule has 180 valence electrons. The maximum atomic E-state index is 9.60. The second-order valence-electron chi connectivity index (χ2n) is 8.35. The van der Waals surface area contributed by atoms with Gasteiger partial charge in [0.2, 0.25) is 5.28 Å². The minimum absolute atomic E-state index is 0.172. The van der Waals surface area contributed by atoms with Crippen LogP contribution in [0.2, 0.25) is 5.28 Å². The number of hydrogen-bond acceptors (Lipinski definition) is 9. The van der Waals surface area contributed by atoms with Crippen molar-refractivity contribution in [3.05, 3.63) is 24.0 Å². The van der Waals surface area contributed by atoms with Crippen LogP contribution in [0.4, 0.5) is 5.82 Å². The number of piperidine rings is 1. The number of anilines is 1. The molecule has 10 nitrogen and oxygen atoms in total. The van der Waals surface area contributed by atoms with Crippen LogP contribution in [0.5, 0.6) is 0 Å². The number of nitrogens with two attached hydrogens (primary N) is 1. The van der Waals surface area contributed by atoms with Crippen molar-refractivity contribution in [2.75, 3.05) is 25.9 Å². The second kappa shape index (κ2) is 11.9. The summed E-state index contributed by atoms with van der Waals surface area (Å²) >= 11 is 6.15. The molecule has 0 bridgehead atoms. The summed E-state index contributed by atoms with van der Waals surface area (Å²) < 4.78 is 6.65. The van der Waals surface area contributed by atoms with Crippen molar-refractivity contribution < 1.29 is 9.53 Å². The van der Waals surface area contributed by atoms with Crippen LogP contribution < -0.4 is 5.73 Å². The molecule has 4 rings (SSSR count). The van der Waals surface area contributed by atoms with Gasteiger partial charge in [-0.25, -0.2) is 19.9 Å². The Labute approximate surface area is 199 Å². The maximum Gasteiger partial charge on any atom is 0.293 e. The Hall–Kier alpha value is -2.85. The number of aromatic nitrogens is 6. The van der Waals surface area contributed by atoms with E-state index in [1.807, 2.05) is 40.9 Å². The van der Waals surface area contributed by atoms with Gasteiger partial charge in [0.15, 0.2) is 5.65 Å². The summed E-state index contributed by atoms with van der Waals surface area (Å²) in [4.78, 5) is 33.5. The van der Waals surface area contributed by atoms with Crippen LogP contribution >= 0.6 is 11.6 Å². The van der Waals surface area contributed by atoms with E-state index in [1.165, 1.54) is 6.20 Å². The molecule has 0 unspecified atom stereocenters. The highest BCUT2D eigenvalue weighted by Gasteiger charge is 2.23. The standard InChI is InChI=1S/C15H17ClN8.C5H10O2.C2H6/c1-23-4-2-9(3-5-23)24-8-20-13-12(21-15(16)22-14(13)24)10-6-19-11(17)7-18-10;1-5(2,3)7-4-6;1-2/h6-9H,2-5H2,1H3,(H2,17,19);4H,1-3H3;1-2H3. The predicted octanol–water partition coefficient (Wildman–Crippen LogP) is 3.77. The molecular formula is C22H33ClN8O2. The summed E-state index contributed by atoms with van der Waals surface area (Å²) in [5.74, 6) is 0.354. The van der Waals surface area contributed by atoms with Gasteiger partial charge in [-0.1, -0.05) is 13.8 Å². The van der Waals surface area contributed by atoms with Crippen molar-refractivity contribution in [3.63, 3.8) is 0 Å². The van der Waals surface area contributed by atoms with Crippen LogP contribution in [0.25, 0.3) is 22.6 Å². The molecule has 11 heteroatoms. The molecule has 0 saturated carbocycles. The Bertz CT molecular complexity index is 1030. The van der Waals surface area contributed by atoms with E-state index in [9.17, 15) is 4.79 Å². The molecule has 0 amide bonds. The van der Waals surface area contributed by atoms with Crippen LogP contribution in [0, 0.1) is 0 Å². The number of likely N-dealkylation sites (tertiary alicyclic amines) is 1. The first-order valence-corrected chi connectivity index (χ1v) is 11.3. The third kappa shape index (κ3) is 7.33. The fourth-order valence-electron chi connectivity index (χ4n) is 3.21. The summed E-state index contributed by atoms with van der Waals surface area (Å²) in [5.41, 5.74) is 7.85. The summed E-state index contributed by atoms with van der Waals surface area (Å²) in [7, 11) is 2.14. The van der Waals surface area contributed by atoms with Gasteiger partial charge < -0.3 is 19.9 Å². The highest BCUT2D eigenvalue weighted by atomic mass is 35.5. The molecule has 0 atom stereocenters. The smallest absolute Gasteiger partial charge is 0.293 e. The number of imidazole rings is 1. The third-order valence-corrected chi connectivity index (χ3v) is 4.96. The van der Waals surface area contributed by atoms with Crippen LogP contribution in [0.3, 0.4) is 0 Å². The van der Waals surface area contributed by atoms with Gasteiger partial charge in [0, 0.05) is 6.04 Å². The van der Waals surface area contributed by atoms with Gasteiger partial charge in [0.25, 0.3) is 6.47 Å². The fourth-order valence-corrected chi connectivity index (χ4v) is 3.38. The van der Waals surface area contributed by atoms with Crippen molar-refractivity contribution in [1.82, 2.24) is 34.4 Å². The molecule has 3 aromatic heterocycles. The summed E-state index contributed by atoms with van der Waals surface area (Å²) in [6.45, 7) is 12.0. The Morgan fingerprint density at radius 3 is 2.30 bits per heavy atom. The number of hydrogen-bond donors (Lipinski definition) is 1. The Morgan fingerprint density at radius 2 is 1.79 bits per heavy atom. The largest absolute Gasteiger partial charge is 0.462 e. The van der Waals surface area contributed by atoms with Gasteiger partial charge in [-0.3, -0.25) is 4.79 Å². The molecular weight excluding hydrogens is 444 g/mol. The number of ether oxygens (including phenoxy) is 1. The number of fused-ring (bicyclic) bond motifs is 1. The normalized spacial score (nSPS) is 14.6. The van der Waals surface area contributed by atoms with E-state index in [-0.39, 0.29) is 10.9 Å². The maximum absolute atomic E-state index is 9.60. The molecule has 0 radical (unpaired) electrons. The fraction of sp³-hybridized carbons (Fsp3) is 0.545. The molecule has 0 aromatic carbocycles. The van der Waals surface area contributed by atoms with Gasteiger partial charge in [-0.15, -0.1) is 0 Å². The van der Waals surface area contributed by atoms with E-state index >= 15 is 0 Å². The van der Waals surface area contributed by atoms with Crippen molar-refractivity contribution >= 4 is 35.1 Å². The van der Waals surface area contributed by atoms with E-state index in [0.717, 1.165) is 31.6 Å². The van der Waals surface area contributed by atoms with Gasteiger partial charge in [-0.05, 0) is 65.4 Å². The first-order valence-electron chi connectivity index (χ1n) is 11.0. The van der Waals surface area contributed by atoms with Gasteiger partial charge >= 0.3 is 0 Å². The molecule has 0 spiro atoms. The number of rotatable bonds is 3. The van der Waals surface area contributed by atoms with Crippen LogP contribution in [0.1, 0.15) is 53.5 Å². The minimum atomic E-state index is -0.318. The number of carbonyl (C=O) groups excluding carboxylic acids is 1. The van der Waals surface area contributed by atoms with E-state index in [0.29, 0.717) is 35.2 Å². The summed E-state index contributed by atoms with van der Waals surface area (Å²) in [5, 5.41) is 0.172. The Kier molecular flexibility index (Phi) is 9.48. The van der Waals surface area contributed by atoms with Crippen LogP contribution in [-0.4, -0.2) is 66.6 Å². The summed E-state index contributed by atoms with van der Waals surface area (Å²) in [6.07, 6.45) is 6.99. The van der Waals surface area contributed by atoms with E-state index in [2.05, 4.69) is 46.2 Å². The van der Waals surface area contributed by atoms with Crippen molar-refractivity contribution in [1.29, 1.82) is 0 Å².